The van der Waals surface area contributed by atoms with Crippen LogP contribution in [0.2, 0.25) is 0 Å². The molecule has 1 atom stereocenters. The topological polar surface area (TPSA) is 64.6 Å². The van der Waals surface area contributed by atoms with E-state index in [2.05, 4.69) is 4.72 Å². The molecule has 1 fully saturated rings. The first-order chi connectivity index (χ1) is 7.08. The Morgan fingerprint density at radius 2 is 2.33 bits per heavy atom. The van der Waals surface area contributed by atoms with Crippen LogP contribution in [0.5, 0.6) is 0 Å². The van der Waals surface area contributed by atoms with Gasteiger partial charge in [0.2, 0.25) is 10.0 Å². The normalized spacial score (nSPS) is 22.1. The quantitative estimate of drug-likeness (QED) is 0.639. The van der Waals surface area contributed by atoms with Crippen molar-refractivity contribution in [2.45, 2.75) is 25.4 Å². The van der Waals surface area contributed by atoms with E-state index in [-0.39, 0.29) is 6.10 Å². The number of hydrogen-bond acceptors (Lipinski definition) is 4. The molecule has 15 heavy (non-hydrogen) atoms. The Hall–Kier alpha value is -0.170. The second-order valence-corrected chi connectivity index (χ2v) is 5.56. The van der Waals surface area contributed by atoms with Crippen LogP contribution >= 0.6 is 0 Å². The molecule has 6 heteroatoms. The molecule has 0 aliphatic carbocycles. The van der Waals surface area contributed by atoms with Crippen LogP contribution in [0, 0.1) is 0 Å². The lowest BCUT2D eigenvalue weighted by Gasteiger charge is -2.09. The summed E-state index contributed by atoms with van der Waals surface area (Å²) in [6.07, 6.45) is 4.28. The van der Waals surface area contributed by atoms with Gasteiger partial charge in [-0.05, 0) is 19.3 Å². The second-order valence-electron chi connectivity index (χ2n) is 3.73. The summed E-state index contributed by atoms with van der Waals surface area (Å²) in [7, 11) is -3.06. The van der Waals surface area contributed by atoms with Gasteiger partial charge < -0.3 is 9.47 Å². The highest BCUT2D eigenvalue weighted by atomic mass is 32.2. The van der Waals surface area contributed by atoms with Crippen molar-refractivity contribution in [3.63, 3.8) is 0 Å². The summed E-state index contributed by atoms with van der Waals surface area (Å²) in [6, 6.07) is 0. The summed E-state index contributed by atoms with van der Waals surface area (Å²) in [5.74, 6) is 0. The zero-order valence-electron chi connectivity index (χ0n) is 9.07. The molecule has 0 spiro atoms. The lowest BCUT2D eigenvalue weighted by Crippen LogP contribution is -2.24. The largest absolute Gasteiger partial charge is 0.379 e. The molecule has 1 aliphatic rings. The van der Waals surface area contributed by atoms with Gasteiger partial charge in [-0.1, -0.05) is 0 Å². The van der Waals surface area contributed by atoms with E-state index in [4.69, 9.17) is 9.47 Å². The average Bonchev–Trinajstić information content (AvgIpc) is 2.61. The number of rotatable bonds is 7. The van der Waals surface area contributed by atoms with Crippen LogP contribution in [0.1, 0.15) is 19.3 Å². The van der Waals surface area contributed by atoms with E-state index in [9.17, 15) is 8.42 Å². The van der Waals surface area contributed by atoms with Crippen LogP contribution in [0.4, 0.5) is 0 Å². The van der Waals surface area contributed by atoms with Gasteiger partial charge in [0.15, 0.2) is 0 Å². The molecule has 0 aromatic carbocycles. The van der Waals surface area contributed by atoms with Gasteiger partial charge in [0, 0.05) is 19.8 Å². The highest BCUT2D eigenvalue weighted by Gasteiger charge is 2.14. The predicted molar refractivity (Wildman–Crippen MR) is 57.3 cm³/mol. The molecule has 1 N–H and O–H groups in total. The summed E-state index contributed by atoms with van der Waals surface area (Å²) < 4.78 is 34.6. The smallest absolute Gasteiger partial charge is 0.208 e. The van der Waals surface area contributed by atoms with Crippen molar-refractivity contribution < 1.29 is 17.9 Å². The van der Waals surface area contributed by atoms with Crippen LogP contribution in [0.15, 0.2) is 0 Å². The van der Waals surface area contributed by atoms with Crippen LogP contribution in [0.3, 0.4) is 0 Å². The lowest BCUT2D eigenvalue weighted by atomic mass is 10.2. The van der Waals surface area contributed by atoms with E-state index in [1.54, 1.807) is 0 Å². The van der Waals surface area contributed by atoms with Crippen LogP contribution in [0.25, 0.3) is 0 Å². The van der Waals surface area contributed by atoms with E-state index in [1.165, 1.54) is 0 Å². The highest BCUT2D eigenvalue weighted by molar-refractivity contribution is 7.88. The first-order valence-electron chi connectivity index (χ1n) is 5.22. The van der Waals surface area contributed by atoms with Crippen molar-refractivity contribution in [3.8, 4) is 0 Å². The van der Waals surface area contributed by atoms with Gasteiger partial charge in [-0.3, -0.25) is 0 Å². The number of hydrogen-bond donors (Lipinski definition) is 1. The van der Waals surface area contributed by atoms with E-state index in [0.717, 1.165) is 25.7 Å². The maximum atomic E-state index is 10.7. The maximum absolute atomic E-state index is 10.7. The molecule has 0 radical (unpaired) electrons. The maximum Gasteiger partial charge on any atom is 0.208 e. The van der Waals surface area contributed by atoms with Crippen molar-refractivity contribution in [1.82, 2.24) is 4.72 Å². The molecule has 0 aromatic rings. The zero-order valence-corrected chi connectivity index (χ0v) is 9.88. The molecule has 5 nitrogen and oxygen atoms in total. The van der Waals surface area contributed by atoms with Crippen LogP contribution < -0.4 is 4.72 Å². The minimum atomic E-state index is -3.06. The van der Waals surface area contributed by atoms with E-state index in [1.807, 2.05) is 0 Å². The van der Waals surface area contributed by atoms with Gasteiger partial charge in [-0.15, -0.1) is 0 Å². The average molecular weight is 237 g/mol. The molecule has 90 valence electrons. The minimum Gasteiger partial charge on any atom is -0.379 e. The van der Waals surface area contributed by atoms with E-state index < -0.39 is 10.0 Å². The summed E-state index contributed by atoms with van der Waals surface area (Å²) >= 11 is 0. The summed E-state index contributed by atoms with van der Waals surface area (Å²) in [5, 5.41) is 0. The van der Waals surface area contributed by atoms with Crippen molar-refractivity contribution >= 4 is 10.0 Å². The minimum absolute atomic E-state index is 0.243. The van der Waals surface area contributed by atoms with Gasteiger partial charge in [0.05, 0.1) is 19.0 Å². The van der Waals surface area contributed by atoms with Crippen molar-refractivity contribution in [2.24, 2.45) is 0 Å². The van der Waals surface area contributed by atoms with Gasteiger partial charge in [0.1, 0.15) is 0 Å². The predicted octanol–water partition coefficient (Wildman–Crippen LogP) is 0.121. The molecule has 0 saturated carbocycles. The Kier molecular flexibility index (Phi) is 5.52. The van der Waals surface area contributed by atoms with Crippen molar-refractivity contribution in [2.75, 3.05) is 32.6 Å². The highest BCUT2D eigenvalue weighted by Crippen LogP contribution is 2.11. The standard InChI is InChI=1S/C9H19NO4S/c1-15(11,12)10-5-3-6-13-8-9-4-2-7-14-9/h9-10H,2-8H2,1H3. The van der Waals surface area contributed by atoms with Crippen molar-refractivity contribution in [3.05, 3.63) is 0 Å². The summed E-state index contributed by atoms with van der Waals surface area (Å²) in [5.41, 5.74) is 0. The molecule has 1 aliphatic heterocycles. The molecule has 1 unspecified atom stereocenters. The van der Waals surface area contributed by atoms with Gasteiger partial charge in [-0.25, -0.2) is 13.1 Å². The Labute approximate surface area is 91.2 Å². The Balaban J connectivity index is 1.89. The number of ether oxygens (including phenoxy) is 2. The van der Waals surface area contributed by atoms with E-state index >= 15 is 0 Å². The summed E-state index contributed by atoms with van der Waals surface area (Å²) in [6.45, 7) is 2.47. The third kappa shape index (κ3) is 6.83. The van der Waals surface area contributed by atoms with Crippen LogP contribution in [-0.4, -0.2) is 47.1 Å². The van der Waals surface area contributed by atoms with Gasteiger partial charge >= 0.3 is 0 Å². The fourth-order valence-corrected chi connectivity index (χ4v) is 1.94. The second kappa shape index (κ2) is 6.42. The molecular weight excluding hydrogens is 218 g/mol. The third-order valence-electron chi connectivity index (χ3n) is 2.16. The first-order valence-corrected chi connectivity index (χ1v) is 7.11. The first kappa shape index (κ1) is 12.9. The Morgan fingerprint density at radius 1 is 1.53 bits per heavy atom. The molecule has 0 bridgehead atoms. The number of nitrogens with one attached hydrogen (secondary N) is 1. The molecule has 1 saturated heterocycles. The number of sulfonamides is 1. The SMILES string of the molecule is CS(=O)(=O)NCCCOCC1CCCO1. The van der Waals surface area contributed by atoms with E-state index in [0.29, 0.717) is 26.2 Å². The molecule has 0 aromatic heterocycles. The fourth-order valence-electron chi connectivity index (χ4n) is 1.42. The lowest BCUT2D eigenvalue weighted by molar-refractivity contribution is 0.0169. The van der Waals surface area contributed by atoms with Gasteiger partial charge in [-0.2, -0.15) is 0 Å². The Morgan fingerprint density at radius 3 is 2.93 bits per heavy atom. The Bertz CT molecular complexity index is 259. The fraction of sp³-hybridized carbons (Fsp3) is 1.00. The third-order valence-corrected chi connectivity index (χ3v) is 2.89. The molecule has 1 rings (SSSR count). The van der Waals surface area contributed by atoms with Crippen molar-refractivity contribution in [1.29, 1.82) is 0 Å². The van der Waals surface area contributed by atoms with Gasteiger partial charge in [0.25, 0.3) is 0 Å². The van der Waals surface area contributed by atoms with Crippen LogP contribution in [-0.2, 0) is 19.5 Å². The summed E-state index contributed by atoms with van der Waals surface area (Å²) in [4.78, 5) is 0. The molecule has 0 amide bonds. The molecule has 1 heterocycles. The molecular formula is C9H19NO4S. The monoisotopic (exact) mass is 237 g/mol. The zero-order chi connectivity index (χ0) is 11.1.